The second-order valence-corrected chi connectivity index (χ2v) is 5.84. The number of hydrogen-bond donors (Lipinski definition) is 4. The van der Waals surface area contributed by atoms with Crippen molar-refractivity contribution in [3.8, 4) is 0 Å². The molecule has 0 amide bonds. The summed E-state index contributed by atoms with van der Waals surface area (Å²) < 4.78 is 41.2. The Morgan fingerprint density at radius 2 is 2.18 bits per heavy atom. The maximum atomic E-state index is 13.1. The van der Waals surface area contributed by atoms with Gasteiger partial charge in [0.05, 0.1) is 11.6 Å². The minimum absolute atomic E-state index is 0.0309. The highest BCUT2D eigenvalue weighted by Crippen LogP contribution is 2.20. The third-order valence-electron chi connectivity index (χ3n) is 2.42. The summed E-state index contributed by atoms with van der Waals surface area (Å²) in [5.74, 6) is -0.838. The van der Waals surface area contributed by atoms with Crippen molar-refractivity contribution in [2.75, 3.05) is 5.32 Å². The average molecular weight is 349 g/mol. The molecule has 1 aromatic carbocycles. The minimum atomic E-state index is -3.92. The number of hydrogen-bond acceptors (Lipinski definition) is 6. The van der Waals surface area contributed by atoms with Crippen LogP contribution in [-0.2, 0) is 16.8 Å². The zero-order valence-electron chi connectivity index (χ0n) is 10.8. The number of nitrogens with two attached hydrogens (primary N) is 1. The number of nitrogens with zero attached hydrogens (tertiary/aromatic N) is 2. The Hall–Kier alpha value is -2.08. The number of rotatable bonds is 5. The van der Waals surface area contributed by atoms with E-state index in [2.05, 4.69) is 20.3 Å². The van der Waals surface area contributed by atoms with Gasteiger partial charge in [0.15, 0.2) is 11.5 Å². The van der Waals surface area contributed by atoms with E-state index in [4.69, 9.17) is 22.1 Å². The number of halogens is 2. The van der Waals surface area contributed by atoms with Crippen molar-refractivity contribution in [3.63, 3.8) is 0 Å². The second kappa shape index (κ2) is 6.36. The topological polar surface area (TPSA) is 147 Å². The SMILES string of the molecule is N=C(Nc1ccc(F)c(Cl)c1)c1nonc1CNS(N)(=O)=O. The van der Waals surface area contributed by atoms with Gasteiger partial charge in [-0.1, -0.05) is 16.8 Å². The molecule has 0 radical (unpaired) electrons. The van der Waals surface area contributed by atoms with E-state index >= 15 is 0 Å². The first-order valence-corrected chi connectivity index (χ1v) is 7.58. The van der Waals surface area contributed by atoms with Crippen molar-refractivity contribution < 1.29 is 17.4 Å². The van der Waals surface area contributed by atoms with E-state index in [0.29, 0.717) is 5.69 Å². The van der Waals surface area contributed by atoms with Gasteiger partial charge in [-0.05, 0) is 23.4 Å². The van der Waals surface area contributed by atoms with E-state index < -0.39 is 16.0 Å². The smallest absolute Gasteiger partial charge is 0.274 e. The lowest BCUT2D eigenvalue weighted by Crippen LogP contribution is -2.31. The Balaban J connectivity index is 2.13. The van der Waals surface area contributed by atoms with E-state index in [1.54, 1.807) is 0 Å². The maximum absolute atomic E-state index is 13.1. The van der Waals surface area contributed by atoms with Crippen LogP contribution in [0.1, 0.15) is 11.4 Å². The average Bonchev–Trinajstić information content (AvgIpc) is 2.88. The quantitative estimate of drug-likeness (QED) is 0.459. The summed E-state index contributed by atoms with van der Waals surface area (Å²) >= 11 is 5.63. The van der Waals surface area contributed by atoms with Crippen LogP contribution in [0.4, 0.5) is 10.1 Å². The van der Waals surface area contributed by atoms with E-state index in [-0.39, 0.29) is 28.8 Å². The molecular formula is C10H10ClFN6O3S. The molecule has 12 heteroatoms. The van der Waals surface area contributed by atoms with Crippen LogP contribution in [0, 0.1) is 11.2 Å². The lowest BCUT2D eigenvalue weighted by Gasteiger charge is -2.07. The molecule has 0 saturated heterocycles. The van der Waals surface area contributed by atoms with Crippen molar-refractivity contribution in [3.05, 3.63) is 40.4 Å². The third kappa shape index (κ3) is 4.21. The fourth-order valence-corrected chi connectivity index (χ4v) is 1.98. The molecule has 118 valence electrons. The molecular weight excluding hydrogens is 339 g/mol. The van der Waals surface area contributed by atoms with Crippen molar-refractivity contribution in [2.24, 2.45) is 5.14 Å². The first kappa shape index (κ1) is 16.3. The first-order chi connectivity index (χ1) is 10.3. The van der Waals surface area contributed by atoms with Crippen molar-refractivity contribution in [1.82, 2.24) is 15.0 Å². The van der Waals surface area contributed by atoms with Crippen LogP contribution in [0.5, 0.6) is 0 Å². The molecule has 0 saturated carbocycles. The number of anilines is 1. The highest BCUT2D eigenvalue weighted by Gasteiger charge is 2.17. The Bertz CT molecular complexity index is 809. The fraction of sp³-hybridized carbons (Fsp3) is 0.100. The number of nitrogens with one attached hydrogen (secondary N) is 3. The van der Waals surface area contributed by atoms with Gasteiger partial charge in [0.25, 0.3) is 10.2 Å². The normalized spacial score (nSPS) is 11.4. The second-order valence-electron chi connectivity index (χ2n) is 4.05. The summed E-state index contributed by atoms with van der Waals surface area (Å²) in [6.07, 6.45) is 0. The fourth-order valence-electron chi connectivity index (χ4n) is 1.46. The summed E-state index contributed by atoms with van der Waals surface area (Å²) in [6.45, 7) is -0.300. The maximum Gasteiger partial charge on any atom is 0.274 e. The molecule has 2 aromatic rings. The van der Waals surface area contributed by atoms with Gasteiger partial charge in [0, 0.05) is 5.69 Å². The van der Waals surface area contributed by atoms with Crippen molar-refractivity contribution in [2.45, 2.75) is 6.54 Å². The molecule has 2 rings (SSSR count). The molecule has 0 aliphatic heterocycles. The molecule has 5 N–H and O–H groups in total. The minimum Gasteiger partial charge on any atom is -0.339 e. The molecule has 0 fully saturated rings. The predicted octanol–water partition coefficient (Wildman–Crippen LogP) is 0.593. The van der Waals surface area contributed by atoms with Gasteiger partial charge < -0.3 is 5.32 Å². The zero-order chi connectivity index (χ0) is 16.3. The van der Waals surface area contributed by atoms with Gasteiger partial charge in [-0.25, -0.2) is 14.2 Å². The van der Waals surface area contributed by atoms with Crippen LogP contribution in [0.2, 0.25) is 5.02 Å². The van der Waals surface area contributed by atoms with Crippen LogP contribution in [-0.4, -0.2) is 24.6 Å². The molecule has 0 aliphatic carbocycles. The summed E-state index contributed by atoms with van der Waals surface area (Å²) in [7, 11) is -3.92. The molecule has 0 atom stereocenters. The summed E-state index contributed by atoms with van der Waals surface area (Å²) in [5.41, 5.74) is 0.362. The molecule has 0 spiro atoms. The third-order valence-corrected chi connectivity index (χ3v) is 3.26. The molecule has 22 heavy (non-hydrogen) atoms. The number of aromatic nitrogens is 2. The van der Waals surface area contributed by atoms with Gasteiger partial charge in [-0.15, -0.1) is 0 Å². The van der Waals surface area contributed by atoms with E-state index in [1.165, 1.54) is 12.1 Å². The van der Waals surface area contributed by atoms with Gasteiger partial charge in [0.2, 0.25) is 0 Å². The van der Waals surface area contributed by atoms with Gasteiger partial charge in [-0.3, -0.25) is 5.41 Å². The highest BCUT2D eigenvalue weighted by molar-refractivity contribution is 7.87. The van der Waals surface area contributed by atoms with E-state index in [9.17, 15) is 12.8 Å². The molecule has 0 aliphatic rings. The molecule has 0 bridgehead atoms. The summed E-state index contributed by atoms with van der Waals surface area (Å²) in [6, 6.07) is 3.77. The Labute approximate surface area is 129 Å². The lowest BCUT2D eigenvalue weighted by molar-refractivity contribution is 0.302. The van der Waals surface area contributed by atoms with Crippen LogP contribution in [0.15, 0.2) is 22.8 Å². The van der Waals surface area contributed by atoms with Gasteiger partial charge in [-0.2, -0.15) is 13.1 Å². The molecule has 0 unspecified atom stereocenters. The lowest BCUT2D eigenvalue weighted by atomic mass is 10.2. The first-order valence-electron chi connectivity index (χ1n) is 5.66. The van der Waals surface area contributed by atoms with Crippen molar-refractivity contribution >= 4 is 33.3 Å². The van der Waals surface area contributed by atoms with E-state index in [1.807, 2.05) is 4.72 Å². The Morgan fingerprint density at radius 3 is 2.82 bits per heavy atom. The highest BCUT2D eigenvalue weighted by atomic mass is 35.5. The Morgan fingerprint density at radius 1 is 1.45 bits per heavy atom. The summed E-state index contributed by atoms with van der Waals surface area (Å²) in [4.78, 5) is 0. The zero-order valence-corrected chi connectivity index (χ0v) is 12.4. The van der Waals surface area contributed by atoms with E-state index in [0.717, 1.165) is 6.07 Å². The number of amidine groups is 1. The Kier molecular flexibility index (Phi) is 4.71. The standard InChI is InChI=1S/C10H10ClFN6O3S/c11-6-3-5(1-2-7(6)12)16-10(13)9-8(17-21-18-9)4-15-22(14,19)20/h1-3,15H,4H2,(H2,13,16)(H2,14,19,20). The molecule has 9 nitrogen and oxygen atoms in total. The van der Waals surface area contributed by atoms with Crippen LogP contribution < -0.4 is 15.2 Å². The van der Waals surface area contributed by atoms with Crippen molar-refractivity contribution in [1.29, 1.82) is 5.41 Å². The molecule has 1 heterocycles. The number of benzene rings is 1. The molecule has 1 aromatic heterocycles. The van der Waals surface area contributed by atoms with Gasteiger partial charge in [0.1, 0.15) is 11.5 Å². The summed E-state index contributed by atoms with van der Waals surface area (Å²) in [5, 5.41) is 22.1. The monoisotopic (exact) mass is 348 g/mol. The van der Waals surface area contributed by atoms with Crippen LogP contribution >= 0.6 is 11.6 Å². The largest absolute Gasteiger partial charge is 0.339 e. The van der Waals surface area contributed by atoms with Crippen LogP contribution in [0.25, 0.3) is 0 Å². The van der Waals surface area contributed by atoms with Gasteiger partial charge >= 0.3 is 0 Å². The predicted molar refractivity (Wildman–Crippen MR) is 76.1 cm³/mol. The van der Waals surface area contributed by atoms with Crippen LogP contribution in [0.3, 0.4) is 0 Å².